The summed E-state index contributed by atoms with van der Waals surface area (Å²) in [7, 11) is 2.13. The lowest BCUT2D eigenvalue weighted by molar-refractivity contribution is -0.435. The Morgan fingerprint density at radius 1 is 1.28 bits per heavy atom. The molecule has 1 rings (SSSR count). The topological polar surface area (TPSA) is 38.5 Å². The molecule has 0 aromatic rings. The minimum atomic E-state index is 0.246. The van der Waals surface area contributed by atoms with Crippen LogP contribution in [-0.2, 0) is 0 Å². The largest absolute Gasteiger partial charge is 0.395 e. The minimum absolute atomic E-state index is 0.246. The number of nitrogens with zero attached hydrogens (tertiary/aromatic N) is 2. The van der Waals surface area contributed by atoms with Gasteiger partial charge in [0.15, 0.2) is 0 Å². The van der Waals surface area contributed by atoms with E-state index < -0.39 is 0 Å². The molecule has 0 aromatic carbocycles. The van der Waals surface area contributed by atoms with Crippen LogP contribution in [0.1, 0.15) is 67.2 Å². The maximum absolute atomic E-state index is 9.09. The lowest BCUT2D eigenvalue weighted by Crippen LogP contribution is -2.31. The molecule has 0 saturated heterocycles. The molecule has 1 atom stereocenters. The van der Waals surface area contributed by atoms with Crippen molar-refractivity contribution >= 4 is 6.21 Å². The van der Waals surface area contributed by atoms with E-state index in [0.29, 0.717) is 6.04 Å². The SMILES string of the molecule is C#C.C/C=C1/C(NC(C)CCCN(CC)CCO)=CCC=[N+](C)/C1=C/CC.CC. The molecule has 0 bridgehead atoms. The van der Waals surface area contributed by atoms with Gasteiger partial charge in [-0.15, -0.1) is 12.8 Å². The molecular weight excluding hydrogens is 358 g/mol. The van der Waals surface area contributed by atoms with E-state index in [9.17, 15) is 0 Å². The Balaban J connectivity index is 0. The molecule has 0 radical (unpaired) electrons. The summed E-state index contributed by atoms with van der Waals surface area (Å²) in [6, 6.07) is 0.431. The van der Waals surface area contributed by atoms with Crippen molar-refractivity contribution in [3.05, 3.63) is 35.2 Å². The van der Waals surface area contributed by atoms with Crippen LogP contribution in [0.5, 0.6) is 0 Å². The summed E-state index contributed by atoms with van der Waals surface area (Å²) in [6.45, 7) is 15.8. The van der Waals surface area contributed by atoms with E-state index in [1.54, 1.807) is 0 Å². The van der Waals surface area contributed by atoms with Crippen molar-refractivity contribution in [1.82, 2.24) is 10.2 Å². The van der Waals surface area contributed by atoms with E-state index >= 15 is 0 Å². The first kappa shape index (κ1) is 29.4. The number of terminal acetylenes is 1. The molecule has 1 aliphatic rings. The van der Waals surface area contributed by atoms with Crippen LogP contribution in [0.2, 0.25) is 0 Å². The fourth-order valence-corrected chi connectivity index (χ4v) is 3.28. The third-order valence-electron chi connectivity index (χ3n) is 4.71. The first-order chi connectivity index (χ1) is 14.1. The first-order valence-electron chi connectivity index (χ1n) is 11.1. The van der Waals surface area contributed by atoms with E-state index in [0.717, 1.165) is 45.3 Å². The number of nitrogens with one attached hydrogen (secondary N) is 1. The molecule has 29 heavy (non-hydrogen) atoms. The van der Waals surface area contributed by atoms with Crippen molar-refractivity contribution in [1.29, 1.82) is 0 Å². The number of hydrogen-bond acceptors (Lipinski definition) is 3. The van der Waals surface area contributed by atoms with E-state index in [-0.39, 0.29) is 6.61 Å². The summed E-state index contributed by atoms with van der Waals surface area (Å²) in [4.78, 5) is 2.31. The van der Waals surface area contributed by atoms with Gasteiger partial charge in [-0.2, -0.15) is 0 Å². The highest BCUT2D eigenvalue weighted by molar-refractivity contribution is 5.59. The number of aliphatic hydroxyl groups is 1. The van der Waals surface area contributed by atoms with Crippen LogP contribution >= 0.6 is 0 Å². The summed E-state index contributed by atoms with van der Waals surface area (Å²) in [6.07, 6.45) is 21.3. The summed E-state index contributed by atoms with van der Waals surface area (Å²) in [5, 5.41) is 12.8. The van der Waals surface area contributed by atoms with Gasteiger partial charge in [0.1, 0.15) is 13.3 Å². The molecule has 0 aromatic heterocycles. The molecule has 0 spiro atoms. The molecule has 0 fully saturated rings. The van der Waals surface area contributed by atoms with Gasteiger partial charge >= 0.3 is 0 Å². The summed E-state index contributed by atoms with van der Waals surface area (Å²) >= 11 is 0. The predicted molar refractivity (Wildman–Crippen MR) is 129 cm³/mol. The Morgan fingerprint density at radius 3 is 2.45 bits per heavy atom. The van der Waals surface area contributed by atoms with Gasteiger partial charge in [-0.05, 0) is 52.3 Å². The molecule has 166 valence electrons. The summed E-state index contributed by atoms with van der Waals surface area (Å²) in [5.41, 5.74) is 3.83. The molecule has 4 heteroatoms. The zero-order valence-electron chi connectivity index (χ0n) is 20.0. The Bertz CT molecular complexity index is 556. The van der Waals surface area contributed by atoms with E-state index in [1.807, 2.05) is 13.8 Å². The summed E-state index contributed by atoms with van der Waals surface area (Å²) < 4.78 is 2.24. The number of rotatable bonds is 10. The van der Waals surface area contributed by atoms with Crippen molar-refractivity contribution < 1.29 is 9.68 Å². The molecule has 1 aliphatic heterocycles. The average Bonchev–Trinajstić information content (AvgIpc) is 2.89. The molecule has 0 amide bonds. The van der Waals surface area contributed by atoms with Gasteiger partial charge in [-0.3, -0.25) is 0 Å². The highest BCUT2D eigenvalue weighted by atomic mass is 16.3. The maximum Gasteiger partial charge on any atom is 0.209 e. The lowest BCUT2D eigenvalue weighted by Gasteiger charge is -2.22. The number of hydrogen-bond donors (Lipinski definition) is 2. The fourth-order valence-electron chi connectivity index (χ4n) is 3.28. The van der Waals surface area contributed by atoms with Crippen molar-refractivity contribution in [2.45, 2.75) is 73.3 Å². The van der Waals surface area contributed by atoms with Crippen LogP contribution in [0.3, 0.4) is 0 Å². The van der Waals surface area contributed by atoms with Crippen molar-refractivity contribution in [3.8, 4) is 12.8 Å². The molecule has 1 unspecified atom stereocenters. The number of likely N-dealkylation sites (N-methyl/N-ethyl adjacent to an activating group) is 2. The lowest BCUT2D eigenvalue weighted by atomic mass is 10.0. The van der Waals surface area contributed by atoms with E-state index in [1.165, 1.54) is 17.0 Å². The van der Waals surface area contributed by atoms with Gasteiger partial charge in [0.2, 0.25) is 5.70 Å². The van der Waals surface area contributed by atoms with Gasteiger partial charge in [-0.1, -0.05) is 39.8 Å². The molecular formula is C25H46N3O+. The zero-order chi connectivity index (χ0) is 22.7. The van der Waals surface area contributed by atoms with Crippen LogP contribution in [0.25, 0.3) is 0 Å². The van der Waals surface area contributed by atoms with Crippen LogP contribution in [0, 0.1) is 12.8 Å². The number of allylic oxidation sites excluding steroid dienone is 3. The fraction of sp³-hybridized carbons (Fsp3) is 0.640. The molecule has 2 N–H and O–H groups in total. The monoisotopic (exact) mass is 404 g/mol. The van der Waals surface area contributed by atoms with Crippen LogP contribution in [0.4, 0.5) is 0 Å². The maximum atomic E-state index is 9.09. The normalized spacial score (nSPS) is 17.3. The van der Waals surface area contributed by atoms with Gasteiger partial charge in [0, 0.05) is 24.7 Å². The van der Waals surface area contributed by atoms with Gasteiger partial charge < -0.3 is 15.3 Å². The zero-order valence-corrected chi connectivity index (χ0v) is 20.0. The smallest absolute Gasteiger partial charge is 0.209 e. The second-order valence-corrected chi connectivity index (χ2v) is 6.69. The van der Waals surface area contributed by atoms with Crippen molar-refractivity contribution in [2.24, 2.45) is 0 Å². The van der Waals surface area contributed by atoms with E-state index in [4.69, 9.17) is 5.11 Å². The Hall–Kier alpha value is -1.83. The molecule has 0 saturated carbocycles. The van der Waals surface area contributed by atoms with Crippen LogP contribution in [-0.4, -0.2) is 60.1 Å². The highest BCUT2D eigenvalue weighted by Crippen LogP contribution is 2.22. The van der Waals surface area contributed by atoms with Gasteiger partial charge in [0.25, 0.3) is 0 Å². The van der Waals surface area contributed by atoms with Gasteiger partial charge in [-0.25, -0.2) is 4.58 Å². The molecule has 4 nitrogen and oxygen atoms in total. The Morgan fingerprint density at radius 2 is 1.93 bits per heavy atom. The Labute approximate surface area is 181 Å². The third-order valence-corrected chi connectivity index (χ3v) is 4.71. The van der Waals surface area contributed by atoms with E-state index in [2.05, 4.69) is 86.8 Å². The second-order valence-electron chi connectivity index (χ2n) is 6.69. The standard InChI is InChI=1S/C21H38N3O.C2H6.C2H2/c1-6-11-21-19(7-2)20(13-10-14-23(21)5)22-18(4)12-9-15-24(8-3)16-17-25;2*1-2/h7,11,13-14,18,22,25H,6,8-10,12,15-17H2,1-5H3;1-2H3;1-2H/q+1;;/b19-7-,21-11+;;. The van der Waals surface area contributed by atoms with Gasteiger partial charge in [0.05, 0.1) is 12.2 Å². The Kier molecular flexibility index (Phi) is 19.7. The predicted octanol–water partition coefficient (Wildman–Crippen LogP) is 4.58. The highest BCUT2D eigenvalue weighted by Gasteiger charge is 2.21. The van der Waals surface area contributed by atoms with Crippen molar-refractivity contribution in [2.75, 3.05) is 33.3 Å². The minimum Gasteiger partial charge on any atom is -0.395 e. The third kappa shape index (κ3) is 11.7. The van der Waals surface area contributed by atoms with Crippen LogP contribution in [0.15, 0.2) is 35.2 Å². The first-order valence-corrected chi connectivity index (χ1v) is 11.1. The second kappa shape index (κ2) is 19.5. The molecule has 0 aliphatic carbocycles. The van der Waals surface area contributed by atoms with Crippen LogP contribution < -0.4 is 5.32 Å². The number of aliphatic hydroxyl groups excluding tert-OH is 1. The quantitative estimate of drug-likeness (QED) is 0.414. The summed E-state index contributed by atoms with van der Waals surface area (Å²) in [5.74, 6) is 0. The average molecular weight is 405 g/mol. The van der Waals surface area contributed by atoms with Crippen molar-refractivity contribution in [3.63, 3.8) is 0 Å². The molecule has 1 heterocycles.